The molecule has 124 valence electrons. The van der Waals surface area contributed by atoms with Crippen molar-refractivity contribution in [3.05, 3.63) is 53.8 Å². The van der Waals surface area contributed by atoms with E-state index >= 15 is 0 Å². The Hall–Kier alpha value is -2.51. The summed E-state index contributed by atoms with van der Waals surface area (Å²) < 4.78 is 19.3. The van der Waals surface area contributed by atoms with Crippen molar-refractivity contribution in [1.82, 2.24) is 4.98 Å². The molecule has 0 aliphatic carbocycles. The summed E-state index contributed by atoms with van der Waals surface area (Å²) in [6.07, 6.45) is -1.26. The lowest BCUT2D eigenvalue weighted by molar-refractivity contribution is -0.118. The van der Waals surface area contributed by atoms with Crippen molar-refractivity contribution < 1.29 is 19.0 Å². The molecule has 7 heteroatoms. The summed E-state index contributed by atoms with van der Waals surface area (Å²) in [4.78, 5) is 16.4. The number of nitrogens with one attached hydrogen (secondary N) is 1. The molecule has 1 unspecified atom stereocenters. The monoisotopic (exact) mass is 346 g/mol. The Labute approximate surface area is 141 Å². The highest BCUT2D eigenvalue weighted by Crippen LogP contribution is 2.32. The Balaban J connectivity index is 1.71. The molecule has 1 aromatic heterocycles. The zero-order valence-electron chi connectivity index (χ0n) is 12.8. The average molecular weight is 346 g/mol. The van der Waals surface area contributed by atoms with Crippen molar-refractivity contribution in [2.24, 2.45) is 0 Å². The molecule has 5 nitrogen and oxygen atoms in total. The molecule has 0 saturated carbocycles. The third-order valence-corrected chi connectivity index (χ3v) is 4.40. The minimum Gasteiger partial charge on any atom is -0.494 e. The molecule has 1 amide bonds. The van der Waals surface area contributed by atoms with Crippen molar-refractivity contribution in [3.8, 4) is 5.75 Å². The number of halogens is 1. The Morgan fingerprint density at radius 2 is 2.17 bits per heavy atom. The number of aliphatic hydroxyl groups is 1. The van der Waals surface area contributed by atoms with Crippen LogP contribution < -0.4 is 10.1 Å². The summed E-state index contributed by atoms with van der Waals surface area (Å²) in [5.41, 5.74) is 1.03. The van der Waals surface area contributed by atoms with Crippen LogP contribution in [-0.4, -0.2) is 23.1 Å². The van der Waals surface area contributed by atoms with E-state index in [0.717, 1.165) is 4.70 Å². The SMILES string of the molecule is COc1cccc2sc(NC(=O)CC(O)c3cccc(F)c3)nc12. The molecule has 2 aromatic carbocycles. The molecule has 1 heterocycles. The number of ether oxygens (including phenoxy) is 1. The van der Waals surface area contributed by atoms with Crippen LogP contribution in [0.2, 0.25) is 0 Å². The quantitative estimate of drug-likeness (QED) is 0.742. The molecule has 1 atom stereocenters. The fourth-order valence-electron chi connectivity index (χ4n) is 2.32. The highest BCUT2D eigenvalue weighted by atomic mass is 32.1. The Kier molecular flexibility index (Phi) is 4.73. The van der Waals surface area contributed by atoms with Crippen LogP contribution in [0.1, 0.15) is 18.1 Å². The van der Waals surface area contributed by atoms with Crippen molar-refractivity contribution >= 4 is 32.6 Å². The number of methoxy groups -OCH3 is 1. The molecule has 24 heavy (non-hydrogen) atoms. The van der Waals surface area contributed by atoms with Crippen LogP contribution in [0.25, 0.3) is 10.2 Å². The maximum atomic E-state index is 13.2. The Bertz CT molecular complexity index is 881. The number of fused-ring (bicyclic) bond motifs is 1. The van der Waals surface area contributed by atoms with Crippen LogP contribution in [-0.2, 0) is 4.79 Å². The second-order valence-electron chi connectivity index (χ2n) is 5.15. The number of benzene rings is 2. The second-order valence-corrected chi connectivity index (χ2v) is 6.18. The van der Waals surface area contributed by atoms with E-state index in [1.807, 2.05) is 12.1 Å². The lowest BCUT2D eigenvalue weighted by atomic mass is 10.1. The first-order valence-electron chi connectivity index (χ1n) is 7.24. The van der Waals surface area contributed by atoms with Gasteiger partial charge in [0.2, 0.25) is 5.91 Å². The Morgan fingerprint density at radius 1 is 1.38 bits per heavy atom. The first kappa shape index (κ1) is 16.4. The van der Waals surface area contributed by atoms with Crippen LogP contribution in [0, 0.1) is 5.82 Å². The number of nitrogens with zero attached hydrogens (tertiary/aromatic N) is 1. The number of para-hydroxylation sites is 1. The molecule has 3 aromatic rings. The molecule has 0 radical (unpaired) electrons. The molecule has 0 saturated heterocycles. The van der Waals surface area contributed by atoms with Crippen molar-refractivity contribution in [2.75, 3.05) is 12.4 Å². The van der Waals surface area contributed by atoms with E-state index in [1.165, 1.54) is 29.5 Å². The lowest BCUT2D eigenvalue weighted by Crippen LogP contribution is -2.15. The topological polar surface area (TPSA) is 71.5 Å². The summed E-state index contributed by atoms with van der Waals surface area (Å²) in [6, 6.07) is 11.1. The fourth-order valence-corrected chi connectivity index (χ4v) is 3.22. The van der Waals surface area contributed by atoms with Gasteiger partial charge in [-0.1, -0.05) is 29.5 Å². The van der Waals surface area contributed by atoms with Gasteiger partial charge in [0.15, 0.2) is 5.13 Å². The smallest absolute Gasteiger partial charge is 0.229 e. The highest BCUT2D eigenvalue weighted by Gasteiger charge is 2.16. The first-order chi connectivity index (χ1) is 11.6. The largest absolute Gasteiger partial charge is 0.494 e. The zero-order chi connectivity index (χ0) is 17.1. The van der Waals surface area contributed by atoms with Gasteiger partial charge in [-0.15, -0.1) is 0 Å². The molecule has 0 aliphatic heterocycles. The minimum atomic E-state index is -1.08. The van der Waals surface area contributed by atoms with Gasteiger partial charge in [-0.2, -0.15) is 0 Å². The second kappa shape index (κ2) is 6.94. The van der Waals surface area contributed by atoms with E-state index in [-0.39, 0.29) is 6.42 Å². The van der Waals surface area contributed by atoms with Gasteiger partial charge < -0.3 is 15.2 Å². The van der Waals surface area contributed by atoms with Gasteiger partial charge in [0, 0.05) is 0 Å². The maximum absolute atomic E-state index is 13.2. The van der Waals surface area contributed by atoms with E-state index in [9.17, 15) is 14.3 Å². The van der Waals surface area contributed by atoms with Crippen LogP contribution in [0.3, 0.4) is 0 Å². The molecule has 3 rings (SSSR count). The Morgan fingerprint density at radius 3 is 2.92 bits per heavy atom. The number of aromatic nitrogens is 1. The van der Waals surface area contributed by atoms with E-state index in [0.29, 0.717) is 22.0 Å². The minimum absolute atomic E-state index is 0.184. The number of hydrogen-bond acceptors (Lipinski definition) is 5. The highest BCUT2D eigenvalue weighted by molar-refractivity contribution is 7.22. The van der Waals surface area contributed by atoms with E-state index in [1.54, 1.807) is 19.2 Å². The molecule has 0 spiro atoms. The predicted molar refractivity (Wildman–Crippen MR) is 90.8 cm³/mol. The van der Waals surface area contributed by atoms with Gasteiger partial charge in [-0.25, -0.2) is 9.37 Å². The number of hydrogen-bond donors (Lipinski definition) is 2. The first-order valence-corrected chi connectivity index (χ1v) is 8.05. The zero-order valence-corrected chi connectivity index (χ0v) is 13.6. The van der Waals surface area contributed by atoms with Crippen molar-refractivity contribution in [1.29, 1.82) is 0 Å². The summed E-state index contributed by atoms with van der Waals surface area (Å²) in [5, 5.41) is 13.1. The van der Waals surface area contributed by atoms with Gasteiger partial charge in [0.05, 0.1) is 24.3 Å². The summed E-state index contributed by atoms with van der Waals surface area (Å²) in [7, 11) is 1.56. The molecule has 2 N–H and O–H groups in total. The number of thiazole rings is 1. The number of carbonyl (C=O) groups is 1. The average Bonchev–Trinajstić information content (AvgIpc) is 2.96. The maximum Gasteiger partial charge on any atom is 0.229 e. The van der Waals surface area contributed by atoms with Crippen molar-refractivity contribution in [2.45, 2.75) is 12.5 Å². The van der Waals surface area contributed by atoms with Crippen LogP contribution in [0.15, 0.2) is 42.5 Å². The van der Waals surface area contributed by atoms with Crippen LogP contribution >= 0.6 is 11.3 Å². The summed E-state index contributed by atoms with van der Waals surface area (Å²) in [6.45, 7) is 0. The van der Waals surface area contributed by atoms with Gasteiger partial charge >= 0.3 is 0 Å². The van der Waals surface area contributed by atoms with Gasteiger partial charge in [0.1, 0.15) is 17.1 Å². The number of carbonyl (C=O) groups excluding carboxylic acids is 1. The van der Waals surface area contributed by atoms with Gasteiger partial charge in [-0.05, 0) is 29.8 Å². The van der Waals surface area contributed by atoms with E-state index in [4.69, 9.17) is 4.74 Å². The van der Waals surface area contributed by atoms with Gasteiger partial charge in [-0.3, -0.25) is 4.79 Å². The molecular formula is C17H15FN2O3S. The van der Waals surface area contributed by atoms with E-state index in [2.05, 4.69) is 10.3 Å². The summed E-state index contributed by atoms with van der Waals surface area (Å²) in [5.74, 6) is -0.223. The van der Waals surface area contributed by atoms with Crippen LogP contribution in [0.4, 0.5) is 9.52 Å². The third kappa shape index (κ3) is 3.52. The number of anilines is 1. The number of rotatable bonds is 5. The lowest BCUT2D eigenvalue weighted by Gasteiger charge is -2.10. The number of amides is 1. The standard InChI is InChI=1S/C17H15FN2O3S/c1-23-13-6-3-7-14-16(13)20-17(24-14)19-15(22)9-12(21)10-4-2-5-11(18)8-10/h2-8,12,21H,9H2,1H3,(H,19,20,22). The molecule has 0 aliphatic rings. The van der Waals surface area contributed by atoms with Crippen LogP contribution in [0.5, 0.6) is 5.75 Å². The molecule has 0 bridgehead atoms. The molecule has 0 fully saturated rings. The van der Waals surface area contributed by atoms with Crippen molar-refractivity contribution in [3.63, 3.8) is 0 Å². The van der Waals surface area contributed by atoms with Gasteiger partial charge in [0.25, 0.3) is 0 Å². The summed E-state index contributed by atoms with van der Waals surface area (Å²) >= 11 is 1.32. The third-order valence-electron chi connectivity index (χ3n) is 3.46. The fraction of sp³-hybridized carbons (Fsp3) is 0.176. The predicted octanol–water partition coefficient (Wildman–Crippen LogP) is 3.51. The molecular weight excluding hydrogens is 331 g/mol. The normalized spacial score (nSPS) is 12.1. The number of aliphatic hydroxyl groups excluding tert-OH is 1. The van der Waals surface area contributed by atoms with E-state index < -0.39 is 17.8 Å².